The van der Waals surface area contributed by atoms with E-state index in [0.29, 0.717) is 19.3 Å². The summed E-state index contributed by atoms with van der Waals surface area (Å²) in [6.45, 7) is 1.70. The Morgan fingerprint density at radius 2 is 1.80 bits per heavy atom. The van der Waals surface area contributed by atoms with E-state index < -0.39 is 71.7 Å². The molecule has 2 heterocycles. The molecule has 0 aliphatic carbocycles. The fraction of sp³-hybridized carbons (Fsp3) is 0.517. The summed E-state index contributed by atoms with van der Waals surface area (Å²) >= 11 is 5.58. The third-order valence-electron chi connectivity index (χ3n) is 7.64. The predicted octanol–water partition coefficient (Wildman–Crippen LogP) is -0.901. The van der Waals surface area contributed by atoms with Crippen LogP contribution in [0.3, 0.4) is 0 Å². The average Bonchev–Trinajstić information content (AvgIpc) is 3.42. The van der Waals surface area contributed by atoms with Gasteiger partial charge in [0.25, 0.3) is 0 Å². The smallest absolute Gasteiger partial charge is 0.312 e. The van der Waals surface area contributed by atoms with Crippen LogP contribution in [0.4, 0.5) is 4.79 Å². The Hall–Kier alpha value is -4.37. The number of amides is 7. The number of fused-ring (bicyclic) bond motifs is 1. The molecule has 7 amide bonds. The Morgan fingerprint density at radius 1 is 1.07 bits per heavy atom. The zero-order valence-corrected chi connectivity index (χ0v) is 25.8. The van der Waals surface area contributed by atoms with Gasteiger partial charge in [-0.2, -0.15) is 0 Å². The molecule has 1 aliphatic rings. The van der Waals surface area contributed by atoms with Crippen LogP contribution in [0.25, 0.3) is 10.9 Å². The number of carbonyl (C=O) groups excluding carboxylic acids is 6. The molecule has 2 aromatic rings. The summed E-state index contributed by atoms with van der Waals surface area (Å²) in [4.78, 5) is 80.4. The van der Waals surface area contributed by atoms with Crippen LogP contribution < -0.4 is 32.7 Å². The van der Waals surface area contributed by atoms with E-state index in [-0.39, 0.29) is 32.4 Å². The molecular weight excluding hydrogens is 608 g/mol. The summed E-state index contributed by atoms with van der Waals surface area (Å²) in [7, 11) is 0. The largest absolute Gasteiger partial charge is 0.391 e. The van der Waals surface area contributed by atoms with E-state index in [9.17, 15) is 33.9 Å². The van der Waals surface area contributed by atoms with E-state index in [1.54, 1.807) is 6.20 Å². The summed E-state index contributed by atoms with van der Waals surface area (Å²) in [5, 5.41) is 21.3. The SMILES string of the molecule is C[C@H](O)[C@H](NC(=O)CCl)C(=O)N1CCCC[C@H]1C(=O)N[C@@H](Cc1c[nH]c2ccccc12)C(=O)N[C@@H](CCCNC(N)=O)C(N)=O. The molecule has 1 fully saturated rings. The van der Waals surface area contributed by atoms with Crippen LogP contribution in [0.5, 0.6) is 0 Å². The number of urea groups is 1. The maximum atomic E-state index is 13.8. The first kappa shape index (κ1) is 35.1. The third-order valence-corrected chi connectivity index (χ3v) is 7.88. The highest BCUT2D eigenvalue weighted by molar-refractivity contribution is 6.27. The number of H-pyrrole nitrogens is 1. The summed E-state index contributed by atoms with van der Waals surface area (Å²) in [6.07, 6.45) is 2.40. The van der Waals surface area contributed by atoms with Gasteiger partial charge >= 0.3 is 6.03 Å². The second-order valence-electron chi connectivity index (χ2n) is 11.0. The maximum Gasteiger partial charge on any atom is 0.312 e. The van der Waals surface area contributed by atoms with Crippen molar-refractivity contribution < 1.29 is 33.9 Å². The van der Waals surface area contributed by atoms with E-state index in [1.807, 2.05) is 24.3 Å². The molecule has 3 rings (SSSR count). The standard InChI is InChI=1S/C29H41ClN8O7/c1-16(39)24(37-23(40)14-30)28(44)38-12-5-4-10-22(38)27(43)36-21(13-17-15-34-19-8-3-2-7-18(17)19)26(42)35-20(25(31)41)9-6-11-33-29(32)45/h2-3,7-8,15-16,20-22,24,34,39H,4-6,9-14H2,1H3,(H2,31,41)(H,35,42)(H,36,43)(H,37,40)(H3,32,33,45)/t16-,20-,21-,22-,24-/m0/s1. The summed E-state index contributed by atoms with van der Waals surface area (Å²) in [5.74, 6) is -3.81. The number of likely N-dealkylation sites (tertiary alicyclic amines) is 1. The Labute approximate surface area is 265 Å². The number of nitrogens with zero attached hydrogens (tertiary/aromatic N) is 1. The van der Waals surface area contributed by atoms with Gasteiger partial charge in [-0.05, 0) is 50.7 Å². The van der Waals surface area contributed by atoms with Crippen molar-refractivity contribution in [1.82, 2.24) is 31.2 Å². The number of hydrogen-bond acceptors (Lipinski definition) is 7. The van der Waals surface area contributed by atoms with E-state index in [0.717, 1.165) is 16.5 Å². The van der Waals surface area contributed by atoms with Crippen LogP contribution in [0.1, 0.15) is 44.6 Å². The number of piperidine rings is 1. The van der Waals surface area contributed by atoms with Gasteiger partial charge in [0.05, 0.1) is 6.10 Å². The number of primary amides is 2. The Kier molecular flexibility index (Phi) is 13.0. The van der Waals surface area contributed by atoms with Gasteiger partial charge in [0.2, 0.25) is 29.5 Å². The molecule has 45 heavy (non-hydrogen) atoms. The summed E-state index contributed by atoms with van der Waals surface area (Å²) in [6, 6.07) is 2.09. The lowest BCUT2D eigenvalue weighted by molar-refractivity contribution is -0.147. The fourth-order valence-electron chi connectivity index (χ4n) is 5.32. The quantitative estimate of drug-likeness (QED) is 0.0893. The molecule has 10 N–H and O–H groups in total. The van der Waals surface area contributed by atoms with Gasteiger partial charge in [0.15, 0.2) is 0 Å². The molecule has 0 radical (unpaired) electrons. The number of rotatable bonds is 15. The number of halogens is 1. The highest BCUT2D eigenvalue weighted by Gasteiger charge is 2.39. The van der Waals surface area contributed by atoms with Crippen LogP contribution in [0, 0.1) is 0 Å². The lowest BCUT2D eigenvalue weighted by atomic mass is 9.97. The Balaban J connectivity index is 1.84. The van der Waals surface area contributed by atoms with Crippen LogP contribution in [-0.4, -0.2) is 99.8 Å². The molecule has 0 spiro atoms. The Bertz CT molecular complexity index is 1380. The van der Waals surface area contributed by atoms with Crippen LogP contribution in [0.2, 0.25) is 0 Å². The van der Waals surface area contributed by atoms with Gasteiger partial charge in [0, 0.05) is 36.6 Å². The van der Waals surface area contributed by atoms with Crippen molar-refractivity contribution in [2.75, 3.05) is 19.0 Å². The first-order chi connectivity index (χ1) is 21.4. The van der Waals surface area contributed by atoms with Crippen LogP contribution >= 0.6 is 11.6 Å². The predicted molar refractivity (Wildman–Crippen MR) is 166 cm³/mol. The minimum atomic E-state index is -1.32. The molecule has 1 aliphatic heterocycles. The van der Waals surface area contributed by atoms with Crippen molar-refractivity contribution in [1.29, 1.82) is 0 Å². The average molecular weight is 649 g/mol. The molecule has 1 aromatic carbocycles. The maximum absolute atomic E-state index is 13.8. The van der Waals surface area contributed by atoms with Gasteiger partial charge in [0.1, 0.15) is 30.0 Å². The highest BCUT2D eigenvalue weighted by atomic mass is 35.5. The number of nitrogens with two attached hydrogens (primary N) is 2. The van der Waals surface area contributed by atoms with E-state index in [4.69, 9.17) is 23.1 Å². The first-order valence-corrected chi connectivity index (χ1v) is 15.3. The number of hydrogen-bond donors (Lipinski definition) is 8. The number of alkyl halides is 1. The third kappa shape index (κ3) is 9.81. The normalized spacial score (nSPS) is 17.4. The Morgan fingerprint density at radius 3 is 2.47 bits per heavy atom. The van der Waals surface area contributed by atoms with Crippen molar-refractivity contribution in [3.63, 3.8) is 0 Å². The highest BCUT2D eigenvalue weighted by Crippen LogP contribution is 2.22. The second-order valence-corrected chi connectivity index (χ2v) is 11.3. The molecule has 1 aromatic heterocycles. The van der Waals surface area contributed by atoms with Gasteiger partial charge in [-0.15, -0.1) is 11.6 Å². The number of benzene rings is 1. The molecule has 246 valence electrons. The van der Waals surface area contributed by atoms with Crippen molar-refractivity contribution >= 4 is 58.1 Å². The van der Waals surface area contributed by atoms with Gasteiger partial charge < -0.3 is 47.7 Å². The monoisotopic (exact) mass is 648 g/mol. The van der Waals surface area contributed by atoms with Crippen molar-refractivity contribution in [3.05, 3.63) is 36.0 Å². The van der Waals surface area contributed by atoms with Crippen LogP contribution in [-0.2, 0) is 30.4 Å². The van der Waals surface area contributed by atoms with Gasteiger partial charge in [-0.3, -0.25) is 24.0 Å². The minimum absolute atomic E-state index is 0.0407. The van der Waals surface area contributed by atoms with E-state index >= 15 is 0 Å². The molecule has 0 unspecified atom stereocenters. The zero-order chi connectivity index (χ0) is 33.1. The molecule has 5 atom stereocenters. The number of aromatic amines is 1. The van der Waals surface area contributed by atoms with Gasteiger partial charge in [-0.1, -0.05) is 18.2 Å². The minimum Gasteiger partial charge on any atom is -0.391 e. The van der Waals surface area contributed by atoms with Crippen LogP contribution in [0.15, 0.2) is 30.5 Å². The zero-order valence-electron chi connectivity index (χ0n) is 25.0. The van der Waals surface area contributed by atoms with Crippen molar-refractivity contribution in [2.24, 2.45) is 11.5 Å². The molecule has 15 nitrogen and oxygen atoms in total. The lowest BCUT2D eigenvalue weighted by Crippen LogP contribution is -2.62. The fourth-order valence-corrected chi connectivity index (χ4v) is 5.40. The summed E-state index contributed by atoms with van der Waals surface area (Å²) in [5.41, 5.74) is 12.2. The van der Waals surface area contributed by atoms with E-state index in [2.05, 4.69) is 26.3 Å². The number of aromatic nitrogens is 1. The second kappa shape index (κ2) is 16.6. The van der Waals surface area contributed by atoms with Crippen molar-refractivity contribution in [3.8, 4) is 0 Å². The number of para-hydroxylation sites is 1. The summed E-state index contributed by atoms with van der Waals surface area (Å²) < 4.78 is 0. The molecular formula is C29H41ClN8O7. The molecule has 0 bridgehead atoms. The molecule has 0 saturated carbocycles. The van der Waals surface area contributed by atoms with E-state index in [1.165, 1.54) is 11.8 Å². The number of aliphatic hydroxyl groups is 1. The molecule has 1 saturated heterocycles. The number of nitrogens with one attached hydrogen (secondary N) is 5. The molecule has 16 heteroatoms. The van der Waals surface area contributed by atoms with Crippen molar-refractivity contribution in [2.45, 2.75) is 75.7 Å². The lowest BCUT2D eigenvalue weighted by Gasteiger charge is -2.38. The first-order valence-electron chi connectivity index (χ1n) is 14.7. The number of carbonyl (C=O) groups is 6. The number of aliphatic hydroxyl groups excluding tert-OH is 1. The topological polar surface area (TPSA) is 242 Å². The van der Waals surface area contributed by atoms with Gasteiger partial charge in [-0.25, -0.2) is 4.79 Å².